The van der Waals surface area contributed by atoms with Crippen LogP contribution >= 0.6 is 15.8 Å². The molecule has 0 aromatic rings. The summed E-state index contributed by atoms with van der Waals surface area (Å²) < 4.78 is 35.7. The maximum atomic E-state index is 6.09. The smallest absolute Gasteiger partial charge is 0.170 e. The van der Waals surface area contributed by atoms with Crippen molar-refractivity contribution in [3.8, 4) is 0 Å². The van der Waals surface area contributed by atoms with E-state index in [0.717, 1.165) is 64.9 Å². The van der Waals surface area contributed by atoms with Crippen LogP contribution in [0.4, 0.5) is 0 Å². The highest BCUT2D eigenvalue weighted by molar-refractivity contribution is 7.61. The van der Waals surface area contributed by atoms with Gasteiger partial charge >= 0.3 is 0 Å². The van der Waals surface area contributed by atoms with Crippen LogP contribution in [0.1, 0.15) is 94.9 Å². The van der Waals surface area contributed by atoms with Crippen LogP contribution in [0.2, 0.25) is 0 Å². The fourth-order valence-corrected chi connectivity index (χ4v) is 14.5. The molecular weight excluding hydrogens is 506 g/mol. The van der Waals surface area contributed by atoms with Crippen LogP contribution in [0.5, 0.6) is 0 Å². The van der Waals surface area contributed by atoms with Gasteiger partial charge in [-0.3, -0.25) is 0 Å². The average Bonchev–Trinajstić information content (AvgIpc) is 3.43. The Hall–Kier alpha value is 0.620. The molecule has 0 amide bonds. The number of ether oxygens (including phenoxy) is 6. The van der Waals surface area contributed by atoms with Crippen molar-refractivity contribution >= 4 is 15.8 Å². The lowest BCUT2D eigenvalue weighted by molar-refractivity contribution is -0.179. The summed E-state index contributed by atoms with van der Waals surface area (Å²) in [6, 6.07) is 0. The highest BCUT2D eigenvalue weighted by Gasteiger charge is 2.57. The SMILES string of the molecule is CC1(C)OCC(CP2C(C)(C)CC3(CC2(C)C)OCCO3)O1.CP1C(C)(C)CC2(CC1(C)C)OCCO2. The molecule has 1 unspecified atom stereocenters. The van der Waals surface area contributed by atoms with Gasteiger partial charge in [-0.25, -0.2) is 0 Å². The van der Waals surface area contributed by atoms with E-state index in [-0.39, 0.29) is 43.8 Å². The number of hydrogen-bond acceptors (Lipinski definition) is 6. The van der Waals surface area contributed by atoms with Gasteiger partial charge in [0.25, 0.3) is 0 Å². The van der Waals surface area contributed by atoms with E-state index in [9.17, 15) is 0 Å². The molecule has 5 aliphatic rings. The molecule has 5 rings (SSSR count). The molecule has 0 aliphatic carbocycles. The molecule has 216 valence electrons. The third-order valence-corrected chi connectivity index (χ3v) is 17.1. The Labute approximate surface area is 229 Å². The summed E-state index contributed by atoms with van der Waals surface area (Å²) in [6.07, 6.45) is 5.43. The fraction of sp³-hybridized carbons (Fsp3) is 1.00. The first-order valence-corrected chi connectivity index (χ1v) is 17.5. The Morgan fingerprint density at radius 3 is 1.30 bits per heavy atom. The van der Waals surface area contributed by atoms with Crippen molar-refractivity contribution in [2.75, 3.05) is 45.9 Å². The molecule has 1 atom stereocenters. The molecule has 0 aromatic heterocycles. The van der Waals surface area contributed by atoms with E-state index in [4.69, 9.17) is 28.4 Å². The molecule has 0 saturated carbocycles. The Morgan fingerprint density at radius 1 is 0.568 bits per heavy atom. The average molecular weight is 561 g/mol. The van der Waals surface area contributed by atoms with Gasteiger partial charge in [0.2, 0.25) is 0 Å². The Kier molecular flexibility index (Phi) is 8.40. The summed E-state index contributed by atoms with van der Waals surface area (Å²) in [5.41, 5.74) is 0. The van der Waals surface area contributed by atoms with Crippen LogP contribution < -0.4 is 0 Å². The largest absolute Gasteiger partial charge is 0.348 e. The predicted octanol–water partition coefficient (Wildman–Crippen LogP) is 6.91. The molecule has 5 fully saturated rings. The predicted molar refractivity (Wildman–Crippen MR) is 154 cm³/mol. The third-order valence-electron chi connectivity index (χ3n) is 9.17. The lowest BCUT2D eigenvalue weighted by Crippen LogP contribution is -2.51. The second kappa shape index (κ2) is 10.2. The van der Waals surface area contributed by atoms with Crippen molar-refractivity contribution in [2.45, 2.75) is 139 Å². The van der Waals surface area contributed by atoms with Crippen LogP contribution in [0.25, 0.3) is 0 Å². The van der Waals surface area contributed by atoms with Crippen molar-refractivity contribution in [1.82, 2.24) is 0 Å². The van der Waals surface area contributed by atoms with E-state index in [0.29, 0.717) is 10.3 Å². The van der Waals surface area contributed by atoms with Crippen molar-refractivity contribution in [1.29, 1.82) is 0 Å². The second-order valence-corrected chi connectivity index (χ2v) is 22.0. The van der Waals surface area contributed by atoms with E-state index < -0.39 is 5.79 Å². The van der Waals surface area contributed by atoms with Gasteiger partial charge in [0.05, 0.1) is 39.1 Å². The number of rotatable bonds is 2. The monoisotopic (exact) mass is 560 g/mol. The van der Waals surface area contributed by atoms with E-state index >= 15 is 0 Å². The lowest BCUT2D eigenvalue weighted by Gasteiger charge is -2.55. The van der Waals surface area contributed by atoms with Gasteiger partial charge < -0.3 is 28.4 Å². The van der Waals surface area contributed by atoms with Crippen molar-refractivity contribution < 1.29 is 28.4 Å². The zero-order valence-electron chi connectivity index (χ0n) is 25.5. The van der Waals surface area contributed by atoms with Gasteiger partial charge in [-0.1, -0.05) is 71.2 Å². The summed E-state index contributed by atoms with van der Waals surface area (Å²) in [7, 11) is -0.198. The first kappa shape index (κ1) is 30.6. The molecule has 5 heterocycles. The van der Waals surface area contributed by atoms with Crippen molar-refractivity contribution in [2.24, 2.45) is 0 Å². The minimum atomic E-state index is -0.428. The quantitative estimate of drug-likeness (QED) is 0.342. The van der Waals surface area contributed by atoms with E-state index in [1.807, 2.05) is 13.8 Å². The maximum Gasteiger partial charge on any atom is 0.170 e. The van der Waals surface area contributed by atoms with Crippen LogP contribution in [-0.4, -0.2) is 90.0 Å². The summed E-state index contributed by atoms with van der Waals surface area (Å²) >= 11 is 0. The molecule has 37 heavy (non-hydrogen) atoms. The van der Waals surface area contributed by atoms with Crippen molar-refractivity contribution in [3.63, 3.8) is 0 Å². The van der Waals surface area contributed by atoms with Gasteiger partial charge in [-0.2, -0.15) is 0 Å². The highest BCUT2D eigenvalue weighted by atomic mass is 31.1. The van der Waals surface area contributed by atoms with Crippen LogP contribution in [0.3, 0.4) is 0 Å². The topological polar surface area (TPSA) is 55.4 Å². The van der Waals surface area contributed by atoms with E-state index in [1.54, 1.807) is 0 Å². The Balaban J connectivity index is 0.000000186. The molecule has 2 spiro atoms. The zero-order chi connectivity index (χ0) is 27.5. The van der Waals surface area contributed by atoms with Gasteiger partial charge in [-0.05, 0) is 47.3 Å². The summed E-state index contributed by atoms with van der Waals surface area (Å²) in [5.74, 6) is -1.04. The van der Waals surface area contributed by atoms with Gasteiger partial charge in [0.15, 0.2) is 17.4 Å². The standard InChI is InChI=1S/C17H31O4P.C12H23O2P/c1-14(2)11-17(18-7-8-19-17)12-15(3,4)22(14)10-13-9-20-16(5,6)21-13;1-10(2)8-12(13-6-7-14-12)9-11(3,4)15(10)5/h13H,7-12H2,1-6H3;6-9H2,1-5H3. The number of hydrogen-bond donors (Lipinski definition) is 0. The first-order valence-electron chi connectivity index (χ1n) is 14.2. The minimum Gasteiger partial charge on any atom is -0.348 e. The van der Waals surface area contributed by atoms with Crippen LogP contribution in [0, 0.1) is 0 Å². The minimum absolute atomic E-state index is 0.0197. The van der Waals surface area contributed by atoms with Gasteiger partial charge in [0, 0.05) is 25.7 Å². The second-order valence-electron chi connectivity index (χ2n) is 14.8. The van der Waals surface area contributed by atoms with E-state index in [1.165, 1.54) is 0 Å². The lowest BCUT2D eigenvalue weighted by atomic mass is 9.91. The van der Waals surface area contributed by atoms with Gasteiger partial charge in [-0.15, -0.1) is 0 Å². The molecule has 0 radical (unpaired) electrons. The summed E-state index contributed by atoms with van der Waals surface area (Å²) in [4.78, 5) is 0. The zero-order valence-corrected chi connectivity index (χ0v) is 27.3. The molecule has 6 nitrogen and oxygen atoms in total. The van der Waals surface area contributed by atoms with E-state index in [2.05, 4.69) is 62.1 Å². The fourth-order valence-electron chi connectivity index (χ4n) is 7.78. The molecule has 0 bridgehead atoms. The van der Waals surface area contributed by atoms with Gasteiger partial charge in [0.1, 0.15) is 0 Å². The Morgan fingerprint density at radius 2 is 0.946 bits per heavy atom. The molecule has 5 aliphatic heterocycles. The molecule has 0 N–H and O–H groups in total. The summed E-state index contributed by atoms with van der Waals surface area (Å²) in [6.45, 7) is 29.2. The summed E-state index contributed by atoms with van der Waals surface area (Å²) in [5, 5.41) is 1.16. The normalized spacial score (nSPS) is 34.9. The van der Waals surface area contributed by atoms with Crippen molar-refractivity contribution in [3.05, 3.63) is 0 Å². The molecular formula is C29H54O6P2. The first-order chi connectivity index (χ1) is 16.8. The molecule has 8 heteroatoms. The molecule has 0 aromatic carbocycles. The molecule has 5 saturated heterocycles. The van der Waals surface area contributed by atoms with Crippen LogP contribution in [0.15, 0.2) is 0 Å². The third kappa shape index (κ3) is 6.59. The highest BCUT2D eigenvalue weighted by Crippen LogP contribution is 2.69. The Bertz CT molecular complexity index is 771. The maximum absolute atomic E-state index is 6.09. The van der Waals surface area contributed by atoms with Crippen LogP contribution in [-0.2, 0) is 28.4 Å².